The molecule has 104 valence electrons. The summed E-state index contributed by atoms with van der Waals surface area (Å²) in [5, 5.41) is 0. The summed E-state index contributed by atoms with van der Waals surface area (Å²) in [5.41, 5.74) is 3.17. The van der Waals surface area contributed by atoms with E-state index in [-0.39, 0.29) is 0 Å². The highest BCUT2D eigenvalue weighted by molar-refractivity contribution is 8.01. The summed E-state index contributed by atoms with van der Waals surface area (Å²) in [7, 11) is 0. The van der Waals surface area contributed by atoms with Crippen LogP contribution < -0.4 is 10.3 Å². The zero-order chi connectivity index (χ0) is 14.2. The average Bonchev–Trinajstić information content (AvgIpc) is 2.54. The van der Waals surface area contributed by atoms with Crippen molar-refractivity contribution in [3.05, 3.63) is 30.1 Å². The first kappa shape index (κ1) is 14.6. The molecule has 1 unspecified atom stereocenters. The number of amides is 2. The summed E-state index contributed by atoms with van der Waals surface area (Å²) in [6.45, 7) is 1.68. The molecule has 1 atom stereocenters. The van der Waals surface area contributed by atoms with Crippen molar-refractivity contribution < 1.29 is 13.6 Å². The Balaban J connectivity index is 2.19. The van der Waals surface area contributed by atoms with Crippen LogP contribution in [0.4, 0.5) is 19.3 Å². The van der Waals surface area contributed by atoms with Crippen LogP contribution in [-0.4, -0.2) is 20.5 Å². The summed E-state index contributed by atoms with van der Waals surface area (Å²) in [6, 6.07) is 4.81. The highest BCUT2D eigenvalue weighted by atomic mass is 35.5. The molecule has 0 aliphatic carbocycles. The van der Waals surface area contributed by atoms with Gasteiger partial charge in [0.2, 0.25) is 0 Å². The Bertz CT molecular complexity index is 483. The van der Waals surface area contributed by atoms with Crippen LogP contribution in [-0.2, 0) is 0 Å². The smallest absolute Gasteiger partial charge is 0.275 e. The number of nitrogens with one attached hydrogen (secondary N) is 1. The predicted molar refractivity (Wildman–Crippen MR) is 71.8 cm³/mol. The van der Waals surface area contributed by atoms with Crippen LogP contribution in [0.15, 0.2) is 24.3 Å². The molecule has 1 aliphatic heterocycles. The fourth-order valence-corrected chi connectivity index (χ4v) is 2.64. The molecule has 0 aromatic heterocycles. The van der Waals surface area contributed by atoms with E-state index in [0.717, 1.165) is 4.41 Å². The molecule has 4 nitrogen and oxygen atoms in total. The first-order chi connectivity index (χ1) is 8.78. The maximum absolute atomic E-state index is 13.1. The van der Waals surface area contributed by atoms with E-state index in [9.17, 15) is 13.6 Å². The highest BCUT2D eigenvalue weighted by Gasteiger charge is 2.41. The standard InChI is InChI=1S/C10H9Cl2F2N3OS/c1-6-15-17(19-10(11,12)14)9(18)16(6)8-4-2-7(13)3-5-8/h2-6,15H,1H3. The number of nitrogens with zero attached hydrogens (tertiary/aromatic N) is 2. The lowest BCUT2D eigenvalue weighted by molar-refractivity contribution is 0.235. The molecule has 0 bridgehead atoms. The van der Waals surface area contributed by atoms with E-state index in [4.69, 9.17) is 23.2 Å². The van der Waals surface area contributed by atoms with Crippen molar-refractivity contribution in [1.82, 2.24) is 9.84 Å². The van der Waals surface area contributed by atoms with Crippen LogP contribution in [0, 0.1) is 5.82 Å². The summed E-state index contributed by atoms with van der Waals surface area (Å²) >= 11 is 10.7. The Morgan fingerprint density at radius 3 is 2.47 bits per heavy atom. The number of carbonyl (C=O) groups is 1. The van der Waals surface area contributed by atoms with E-state index in [1.54, 1.807) is 6.92 Å². The number of hydrazine groups is 1. The van der Waals surface area contributed by atoms with Crippen LogP contribution in [0.25, 0.3) is 0 Å². The molecule has 1 N–H and O–H groups in total. The second kappa shape index (κ2) is 5.32. The van der Waals surface area contributed by atoms with E-state index in [1.165, 1.54) is 29.2 Å². The zero-order valence-electron chi connectivity index (χ0n) is 9.61. The van der Waals surface area contributed by atoms with E-state index in [1.807, 2.05) is 0 Å². The molecule has 19 heavy (non-hydrogen) atoms. The molecule has 1 aliphatic rings. The van der Waals surface area contributed by atoms with Gasteiger partial charge in [0.25, 0.3) is 0 Å². The lowest BCUT2D eigenvalue weighted by atomic mass is 10.3. The van der Waals surface area contributed by atoms with E-state index in [2.05, 4.69) is 5.43 Å². The van der Waals surface area contributed by atoms with Gasteiger partial charge in [-0.2, -0.15) is 14.2 Å². The first-order valence-corrected chi connectivity index (χ1v) is 6.72. The first-order valence-electron chi connectivity index (χ1n) is 5.19. The van der Waals surface area contributed by atoms with Gasteiger partial charge < -0.3 is 0 Å². The van der Waals surface area contributed by atoms with E-state index >= 15 is 0 Å². The molecule has 1 heterocycles. The number of hydrogen-bond acceptors (Lipinski definition) is 3. The third-order valence-corrected chi connectivity index (χ3v) is 3.44. The van der Waals surface area contributed by atoms with Crippen molar-refractivity contribution in [2.24, 2.45) is 0 Å². The van der Waals surface area contributed by atoms with Crippen LogP contribution in [0.3, 0.4) is 0 Å². The van der Waals surface area contributed by atoms with Crippen molar-refractivity contribution in [2.75, 3.05) is 4.90 Å². The molecular formula is C10H9Cl2F2N3OS. The molecule has 2 amide bonds. The number of halogens is 4. The van der Waals surface area contributed by atoms with Gasteiger partial charge in [-0.15, -0.1) is 0 Å². The minimum absolute atomic E-state index is 0.299. The van der Waals surface area contributed by atoms with Crippen LogP contribution in [0.1, 0.15) is 6.92 Å². The average molecular weight is 328 g/mol. The largest absolute Gasteiger partial charge is 0.350 e. The summed E-state index contributed by atoms with van der Waals surface area (Å²) in [6.07, 6.45) is -0.443. The predicted octanol–water partition coefficient (Wildman–Crippen LogP) is 3.62. The van der Waals surface area contributed by atoms with E-state index in [0.29, 0.717) is 17.6 Å². The van der Waals surface area contributed by atoms with Gasteiger partial charge in [-0.3, -0.25) is 4.90 Å². The Morgan fingerprint density at radius 1 is 1.37 bits per heavy atom. The van der Waals surface area contributed by atoms with Gasteiger partial charge in [0, 0.05) is 17.6 Å². The lowest BCUT2D eigenvalue weighted by Gasteiger charge is -2.19. The van der Waals surface area contributed by atoms with Crippen LogP contribution in [0.2, 0.25) is 0 Å². The minimum Gasteiger partial charge on any atom is -0.275 e. The number of alkyl halides is 3. The Morgan fingerprint density at radius 2 is 1.95 bits per heavy atom. The van der Waals surface area contributed by atoms with Gasteiger partial charge in [0.1, 0.15) is 12.0 Å². The minimum atomic E-state index is -2.62. The maximum atomic E-state index is 13.1. The fraction of sp³-hybridized carbons (Fsp3) is 0.300. The molecule has 9 heteroatoms. The maximum Gasteiger partial charge on any atom is 0.350 e. The van der Waals surface area contributed by atoms with Gasteiger partial charge in [-0.25, -0.2) is 9.18 Å². The molecule has 0 spiro atoms. The number of anilines is 1. The van der Waals surface area contributed by atoms with Crippen molar-refractivity contribution in [3.63, 3.8) is 0 Å². The number of rotatable bonds is 3. The zero-order valence-corrected chi connectivity index (χ0v) is 11.9. The van der Waals surface area contributed by atoms with Gasteiger partial charge in [0.05, 0.1) is 0 Å². The molecular weight excluding hydrogens is 319 g/mol. The number of benzene rings is 1. The van der Waals surface area contributed by atoms with Crippen molar-refractivity contribution in [2.45, 2.75) is 17.0 Å². The van der Waals surface area contributed by atoms with E-state index < -0.39 is 21.9 Å². The van der Waals surface area contributed by atoms with Crippen LogP contribution in [0.5, 0.6) is 0 Å². The topological polar surface area (TPSA) is 35.6 Å². The Labute approximate surface area is 122 Å². The van der Waals surface area contributed by atoms with Gasteiger partial charge in [0.15, 0.2) is 0 Å². The van der Waals surface area contributed by atoms with Gasteiger partial charge in [-0.1, -0.05) is 23.2 Å². The second-order valence-corrected chi connectivity index (χ2v) is 6.56. The number of carbonyl (C=O) groups excluding carboxylic acids is 1. The fourth-order valence-electron chi connectivity index (χ4n) is 1.65. The van der Waals surface area contributed by atoms with Crippen molar-refractivity contribution >= 4 is 46.9 Å². The molecule has 1 aromatic rings. The third-order valence-electron chi connectivity index (χ3n) is 2.37. The molecule has 0 saturated carbocycles. The molecule has 2 rings (SSSR count). The summed E-state index contributed by atoms with van der Waals surface area (Å²) in [5.74, 6) is -0.411. The third kappa shape index (κ3) is 3.42. The Kier molecular flexibility index (Phi) is 4.10. The van der Waals surface area contributed by atoms with Crippen molar-refractivity contribution in [3.8, 4) is 0 Å². The highest BCUT2D eigenvalue weighted by Crippen LogP contribution is 2.40. The summed E-state index contributed by atoms with van der Waals surface area (Å²) < 4.78 is 24.2. The van der Waals surface area contributed by atoms with Gasteiger partial charge in [-0.05, 0) is 31.2 Å². The van der Waals surface area contributed by atoms with Crippen LogP contribution >= 0.6 is 35.1 Å². The molecule has 1 aromatic carbocycles. The molecule has 1 saturated heterocycles. The van der Waals surface area contributed by atoms with Crippen molar-refractivity contribution in [1.29, 1.82) is 0 Å². The lowest BCUT2D eigenvalue weighted by Crippen LogP contribution is -2.34. The van der Waals surface area contributed by atoms with Gasteiger partial charge >= 0.3 is 9.95 Å². The quantitative estimate of drug-likeness (QED) is 0.680. The molecule has 1 fully saturated rings. The monoisotopic (exact) mass is 327 g/mol. The summed E-state index contributed by atoms with van der Waals surface area (Å²) in [4.78, 5) is 13.4. The number of urea groups is 1. The Hall–Kier alpha value is -0.760. The second-order valence-electron chi connectivity index (χ2n) is 3.77. The number of hydrogen-bond donors (Lipinski definition) is 1. The normalized spacial score (nSPS) is 20.3. The SMILES string of the molecule is CC1NN(SC(F)(Cl)Cl)C(=O)N1c1ccc(F)cc1. The molecule has 0 radical (unpaired) electrons.